The van der Waals surface area contributed by atoms with E-state index >= 15 is 0 Å². The molecule has 0 saturated heterocycles. The number of aromatic nitrogens is 5. The van der Waals surface area contributed by atoms with Crippen LogP contribution in [0.15, 0.2) is 197 Å². The molecule has 4 aromatic heterocycles. The van der Waals surface area contributed by atoms with Gasteiger partial charge in [0.15, 0.2) is 23.1 Å². The van der Waals surface area contributed by atoms with Gasteiger partial charge in [0.2, 0.25) is 5.89 Å². The number of para-hydroxylation sites is 2. The molecular formula is C54H31N5O2. The molecule has 0 fully saturated rings. The molecule has 7 nitrogen and oxygen atoms in total. The van der Waals surface area contributed by atoms with Crippen molar-refractivity contribution in [3.63, 3.8) is 0 Å². The molecule has 0 unspecified atom stereocenters. The minimum absolute atomic E-state index is 0.569. The van der Waals surface area contributed by atoms with Crippen LogP contribution in [0.1, 0.15) is 0 Å². The van der Waals surface area contributed by atoms with E-state index in [1.807, 2.05) is 54.6 Å². The highest BCUT2D eigenvalue weighted by atomic mass is 16.4. The standard InChI is InChI=1S/C54H31N5O2/c1-3-12-34(13-4-1)54-55-43-26-28-47-49(50(43)61-54)48-42-30-37(22-20-33(42)24-27-46(48)60-47)52-56-51(36-21-19-32-11-7-8-14-35(32)29-36)57-53(58-52)38-23-25-41-40-17-9-10-18-44(40)59(45(41)31-38)39-15-5-2-6-16-39/h1-31H. The Morgan fingerprint density at radius 2 is 0.967 bits per heavy atom. The lowest BCUT2D eigenvalue weighted by Gasteiger charge is -2.11. The Balaban J connectivity index is 1.04. The quantitative estimate of drug-likeness (QED) is 0.173. The minimum Gasteiger partial charge on any atom is -0.456 e. The summed E-state index contributed by atoms with van der Waals surface area (Å²) in [4.78, 5) is 20.6. The summed E-state index contributed by atoms with van der Waals surface area (Å²) in [6, 6.07) is 64.7. The highest BCUT2D eigenvalue weighted by molar-refractivity contribution is 6.25. The first-order valence-electron chi connectivity index (χ1n) is 20.3. The maximum atomic E-state index is 6.54. The largest absolute Gasteiger partial charge is 0.456 e. The van der Waals surface area contributed by atoms with Crippen LogP contribution in [0.2, 0.25) is 0 Å². The first-order chi connectivity index (χ1) is 30.2. The zero-order chi connectivity index (χ0) is 40.0. The fourth-order valence-electron chi connectivity index (χ4n) is 8.96. The summed E-state index contributed by atoms with van der Waals surface area (Å²) in [6.07, 6.45) is 0. The average Bonchev–Trinajstić information content (AvgIpc) is 4.03. The molecule has 0 aliphatic carbocycles. The number of oxazole rings is 1. The molecule has 0 N–H and O–H groups in total. The smallest absolute Gasteiger partial charge is 0.227 e. The van der Waals surface area contributed by atoms with Crippen molar-refractivity contribution in [1.82, 2.24) is 24.5 Å². The topological polar surface area (TPSA) is 82.8 Å². The lowest BCUT2D eigenvalue weighted by Crippen LogP contribution is -2.00. The van der Waals surface area contributed by atoms with Gasteiger partial charge in [0, 0.05) is 44.1 Å². The predicted octanol–water partition coefficient (Wildman–Crippen LogP) is 14.0. The van der Waals surface area contributed by atoms with E-state index in [4.69, 9.17) is 28.8 Å². The third kappa shape index (κ3) is 5.31. The fraction of sp³-hybridized carbons (Fsp3) is 0. The van der Waals surface area contributed by atoms with Gasteiger partial charge in [0.1, 0.15) is 16.7 Å². The van der Waals surface area contributed by atoms with Gasteiger partial charge in [-0.1, -0.05) is 121 Å². The summed E-state index contributed by atoms with van der Waals surface area (Å²) in [7, 11) is 0. The molecule has 0 amide bonds. The van der Waals surface area contributed by atoms with Gasteiger partial charge >= 0.3 is 0 Å². The maximum absolute atomic E-state index is 6.54. The monoisotopic (exact) mass is 781 g/mol. The van der Waals surface area contributed by atoms with Crippen molar-refractivity contribution in [1.29, 1.82) is 0 Å². The summed E-state index contributed by atoms with van der Waals surface area (Å²) in [5.41, 5.74) is 9.85. The molecule has 0 spiro atoms. The van der Waals surface area contributed by atoms with Crippen LogP contribution in [-0.4, -0.2) is 24.5 Å². The Kier molecular flexibility index (Phi) is 7.17. The zero-order valence-corrected chi connectivity index (χ0v) is 32.5. The molecule has 7 heteroatoms. The van der Waals surface area contributed by atoms with Crippen molar-refractivity contribution in [3.05, 3.63) is 188 Å². The van der Waals surface area contributed by atoms with Gasteiger partial charge in [-0.05, 0) is 88.3 Å². The van der Waals surface area contributed by atoms with Crippen LogP contribution in [0.4, 0.5) is 0 Å². The molecule has 284 valence electrons. The Morgan fingerprint density at radius 3 is 1.79 bits per heavy atom. The van der Waals surface area contributed by atoms with E-state index in [-0.39, 0.29) is 0 Å². The number of fused-ring (bicyclic) bond motifs is 11. The summed E-state index contributed by atoms with van der Waals surface area (Å²) in [5, 5.41) is 8.53. The molecule has 0 aliphatic heterocycles. The second kappa shape index (κ2) is 13.0. The van der Waals surface area contributed by atoms with E-state index in [1.165, 1.54) is 5.39 Å². The van der Waals surface area contributed by atoms with Gasteiger partial charge in [-0.2, -0.15) is 0 Å². The number of furan rings is 1. The van der Waals surface area contributed by atoms with E-state index in [0.717, 1.165) is 93.4 Å². The predicted molar refractivity (Wildman–Crippen MR) is 246 cm³/mol. The Hall–Kier alpha value is -8.42. The van der Waals surface area contributed by atoms with Crippen LogP contribution in [0.25, 0.3) is 128 Å². The van der Waals surface area contributed by atoms with Crippen molar-refractivity contribution < 1.29 is 8.83 Å². The second-order valence-electron chi connectivity index (χ2n) is 15.4. The molecule has 13 rings (SSSR count). The van der Waals surface area contributed by atoms with Crippen molar-refractivity contribution in [2.24, 2.45) is 0 Å². The third-order valence-corrected chi connectivity index (χ3v) is 11.8. The summed E-state index contributed by atoms with van der Waals surface area (Å²) < 4.78 is 15.3. The molecule has 4 heterocycles. The van der Waals surface area contributed by atoms with Crippen LogP contribution in [0, 0.1) is 0 Å². The SMILES string of the molecule is c1ccc(-c2nc3ccc4oc5ccc6ccc(-c7nc(-c8ccc9ccccc9c8)nc(-c8ccc9c%10ccccc%10n(-c%10ccccc%10)c9c8)n7)cc6c5c4c3o2)cc1. The van der Waals surface area contributed by atoms with Crippen LogP contribution < -0.4 is 0 Å². The van der Waals surface area contributed by atoms with Gasteiger partial charge in [0.05, 0.1) is 16.4 Å². The normalized spacial score (nSPS) is 11.9. The van der Waals surface area contributed by atoms with E-state index in [1.54, 1.807) is 0 Å². The van der Waals surface area contributed by atoms with Crippen LogP contribution in [0.3, 0.4) is 0 Å². The molecule has 0 saturated carbocycles. The van der Waals surface area contributed by atoms with E-state index in [0.29, 0.717) is 28.9 Å². The summed E-state index contributed by atoms with van der Waals surface area (Å²) in [5.74, 6) is 2.32. The van der Waals surface area contributed by atoms with Crippen LogP contribution >= 0.6 is 0 Å². The highest BCUT2D eigenvalue weighted by Gasteiger charge is 2.21. The molecule has 0 radical (unpaired) electrons. The van der Waals surface area contributed by atoms with Crippen molar-refractivity contribution >= 4 is 76.4 Å². The number of rotatable bonds is 5. The Labute approximate surface area is 347 Å². The molecule has 13 aromatic rings. The van der Waals surface area contributed by atoms with Gasteiger partial charge in [-0.25, -0.2) is 19.9 Å². The molecule has 9 aromatic carbocycles. The zero-order valence-electron chi connectivity index (χ0n) is 32.5. The molecule has 0 atom stereocenters. The molecule has 0 bridgehead atoms. The summed E-state index contributed by atoms with van der Waals surface area (Å²) in [6.45, 7) is 0. The maximum Gasteiger partial charge on any atom is 0.227 e. The minimum atomic E-state index is 0.569. The Morgan fingerprint density at radius 1 is 0.361 bits per heavy atom. The summed E-state index contributed by atoms with van der Waals surface area (Å²) >= 11 is 0. The average molecular weight is 782 g/mol. The number of nitrogens with zero attached hydrogens (tertiary/aromatic N) is 5. The van der Waals surface area contributed by atoms with E-state index < -0.39 is 0 Å². The number of hydrogen-bond acceptors (Lipinski definition) is 6. The van der Waals surface area contributed by atoms with Crippen molar-refractivity contribution in [3.8, 4) is 51.3 Å². The number of hydrogen-bond donors (Lipinski definition) is 0. The van der Waals surface area contributed by atoms with Gasteiger partial charge in [0.25, 0.3) is 0 Å². The first-order valence-corrected chi connectivity index (χ1v) is 20.3. The lowest BCUT2D eigenvalue weighted by molar-refractivity contribution is 0.622. The molecular weight excluding hydrogens is 751 g/mol. The molecule has 61 heavy (non-hydrogen) atoms. The van der Waals surface area contributed by atoms with Gasteiger partial charge in [-0.3, -0.25) is 0 Å². The van der Waals surface area contributed by atoms with Gasteiger partial charge < -0.3 is 13.4 Å². The highest BCUT2D eigenvalue weighted by Crippen LogP contribution is 2.41. The first kappa shape index (κ1) is 33.5. The second-order valence-corrected chi connectivity index (χ2v) is 15.4. The fourth-order valence-corrected chi connectivity index (χ4v) is 8.96. The number of benzene rings is 9. The third-order valence-electron chi connectivity index (χ3n) is 11.8. The van der Waals surface area contributed by atoms with Crippen LogP contribution in [0.5, 0.6) is 0 Å². The van der Waals surface area contributed by atoms with E-state index in [9.17, 15) is 0 Å². The van der Waals surface area contributed by atoms with Crippen molar-refractivity contribution in [2.45, 2.75) is 0 Å². The Bertz CT molecular complexity index is 3880. The van der Waals surface area contributed by atoms with E-state index in [2.05, 4.69) is 138 Å². The van der Waals surface area contributed by atoms with Crippen molar-refractivity contribution in [2.75, 3.05) is 0 Å². The molecule has 0 aliphatic rings. The van der Waals surface area contributed by atoms with Gasteiger partial charge in [-0.15, -0.1) is 0 Å². The van der Waals surface area contributed by atoms with Crippen LogP contribution in [-0.2, 0) is 0 Å². The lowest BCUT2D eigenvalue weighted by atomic mass is 10.0.